The number of amides is 2. The molecule has 4 aliphatic heterocycles. The maximum Gasteiger partial charge on any atom is 0.417 e. The van der Waals surface area contributed by atoms with E-state index in [0.29, 0.717) is 12.8 Å². The Hall–Kier alpha value is -2.84. The van der Waals surface area contributed by atoms with Crippen molar-refractivity contribution >= 4 is 17.7 Å². The third-order valence-corrected chi connectivity index (χ3v) is 7.23. The van der Waals surface area contributed by atoms with E-state index >= 15 is 0 Å². The smallest absolute Gasteiger partial charge is 0.417 e. The van der Waals surface area contributed by atoms with Crippen LogP contribution in [0.2, 0.25) is 0 Å². The van der Waals surface area contributed by atoms with E-state index in [1.54, 1.807) is 13.0 Å². The summed E-state index contributed by atoms with van der Waals surface area (Å²) in [6, 6.07) is 4.33. The highest BCUT2D eigenvalue weighted by molar-refractivity contribution is 6.00. The van der Waals surface area contributed by atoms with Crippen LogP contribution in [0.1, 0.15) is 30.9 Å². The number of anilines is 1. The molecule has 1 aromatic rings. The molecule has 6 atom stereocenters. The van der Waals surface area contributed by atoms with Crippen molar-refractivity contribution in [1.82, 2.24) is 5.32 Å². The molecule has 2 amide bonds. The Balaban J connectivity index is 1.57. The van der Waals surface area contributed by atoms with E-state index in [2.05, 4.69) is 5.32 Å². The van der Waals surface area contributed by atoms with Gasteiger partial charge in [0.2, 0.25) is 5.91 Å². The molecular formula is C21H20F3N3O5. The number of alkyl halides is 3. The molecule has 4 aliphatic rings. The van der Waals surface area contributed by atoms with Gasteiger partial charge in [0.1, 0.15) is 6.23 Å². The summed E-state index contributed by atoms with van der Waals surface area (Å²) in [6.07, 6.45) is -5.42. The molecule has 4 fully saturated rings. The number of nitrogens with one attached hydrogen (secondary N) is 1. The number of halogens is 3. The van der Waals surface area contributed by atoms with Crippen LogP contribution in [0.25, 0.3) is 0 Å². The minimum Gasteiger partial charge on any atom is -0.453 e. The Morgan fingerprint density at radius 2 is 2.16 bits per heavy atom. The number of benzene rings is 1. The number of hydrogen-bond acceptors (Lipinski definition) is 6. The summed E-state index contributed by atoms with van der Waals surface area (Å²) in [5.74, 6) is -1.50. The molecule has 0 unspecified atom stereocenters. The van der Waals surface area contributed by atoms with Gasteiger partial charge in [-0.2, -0.15) is 18.4 Å². The summed E-state index contributed by atoms with van der Waals surface area (Å²) >= 11 is 0. The maximum absolute atomic E-state index is 13.5. The topological polar surface area (TPSA) is 101 Å². The van der Waals surface area contributed by atoms with Crippen LogP contribution in [0, 0.1) is 23.2 Å². The summed E-state index contributed by atoms with van der Waals surface area (Å²) in [7, 11) is 1.25. The molecule has 1 N–H and O–H groups in total. The van der Waals surface area contributed by atoms with Gasteiger partial charge in [-0.25, -0.2) is 4.79 Å². The van der Waals surface area contributed by atoms with Crippen molar-refractivity contribution in [2.75, 3.05) is 18.6 Å². The van der Waals surface area contributed by atoms with Gasteiger partial charge in [-0.05, 0) is 25.1 Å². The van der Waals surface area contributed by atoms with E-state index in [-0.39, 0.29) is 18.2 Å². The zero-order valence-electron chi connectivity index (χ0n) is 17.2. The summed E-state index contributed by atoms with van der Waals surface area (Å²) in [6.45, 7) is 1.99. The fraction of sp³-hybridized carbons (Fsp3) is 0.571. The molecule has 0 radical (unpaired) electrons. The molecule has 11 heteroatoms. The molecule has 1 aromatic carbocycles. The van der Waals surface area contributed by atoms with Crippen LogP contribution in [-0.4, -0.2) is 49.2 Å². The van der Waals surface area contributed by atoms with Crippen molar-refractivity contribution in [2.24, 2.45) is 11.8 Å². The number of ether oxygens (including phenoxy) is 3. The first-order valence-electron chi connectivity index (χ1n) is 10.2. The SMILES string of the molecule is COC(=O)N[C@H]1C[C@]2(C)O[C@]13CCO[C@@H]1[C@H]3[C@H]2C(=O)N1c1ccc(C#N)c(C(F)(F)F)c1. The quantitative estimate of drug-likeness (QED) is 0.742. The number of carbonyl (C=O) groups excluding carboxylic acids is 2. The van der Waals surface area contributed by atoms with Crippen molar-refractivity contribution in [2.45, 2.75) is 49.4 Å². The minimum atomic E-state index is -4.75. The van der Waals surface area contributed by atoms with E-state index in [0.717, 1.165) is 12.1 Å². The molecule has 0 saturated carbocycles. The predicted molar refractivity (Wildman–Crippen MR) is 101 cm³/mol. The van der Waals surface area contributed by atoms with Gasteiger partial charge in [0.25, 0.3) is 0 Å². The van der Waals surface area contributed by atoms with E-state index in [4.69, 9.17) is 19.5 Å². The van der Waals surface area contributed by atoms with Crippen LogP contribution in [0.15, 0.2) is 18.2 Å². The lowest BCUT2D eigenvalue weighted by Gasteiger charge is -2.45. The first-order valence-corrected chi connectivity index (χ1v) is 10.2. The van der Waals surface area contributed by atoms with Crippen LogP contribution >= 0.6 is 0 Å². The molecule has 4 saturated heterocycles. The Morgan fingerprint density at radius 3 is 2.81 bits per heavy atom. The van der Waals surface area contributed by atoms with Crippen molar-refractivity contribution in [3.8, 4) is 6.07 Å². The lowest BCUT2D eigenvalue weighted by molar-refractivity contribution is -0.144. The first kappa shape index (κ1) is 21.0. The summed E-state index contributed by atoms with van der Waals surface area (Å²) in [5, 5.41) is 11.9. The summed E-state index contributed by atoms with van der Waals surface area (Å²) in [5.41, 5.74) is -3.41. The Kier molecular flexibility index (Phi) is 4.33. The van der Waals surface area contributed by atoms with Crippen LogP contribution in [0.4, 0.5) is 23.7 Å². The number of nitrogens with zero attached hydrogens (tertiary/aromatic N) is 2. The summed E-state index contributed by atoms with van der Waals surface area (Å²) < 4.78 is 57.6. The number of rotatable bonds is 2. The standard InChI is InChI=1S/C21H20F3N3O5/c1-19-8-13(26-18(29)30-2)20(32-19)5-6-31-17-15(20)14(19)16(28)27(17)11-4-3-10(9-25)12(7-11)21(22,23)24/h3-4,7,13-15,17H,5-6,8H2,1-2H3,(H,26,29)/t13-,14-,15+,17+,19-,20+/m0/s1. The fourth-order valence-electron chi connectivity index (χ4n) is 6.11. The molecule has 0 aliphatic carbocycles. The van der Waals surface area contributed by atoms with Gasteiger partial charge in [0.05, 0.1) is 60.0 Å². The Morgan fingerprint density at radius 1 is 1.41 bits per heavy atom. The third kappa shape index (κ3) is 2.62. The lowest BCUT2D eigenvalue weighted by atomic mass is 9.64. The molecule has 4 heterocycles. The maximum atomic E-state index is 13.5. The van der Waals surface area contributed by atoms with Crippen LogP contribution < -0.4 is 10.2 Å². The lowest BCUT2D eigenvalue weighted by Crippen LogP contribution is -2.61. The third-order valence-electron chi connectivity index (χ3n) is 7.23. The number of fused-ring (bicyclic) bond motifs is 2. The first-order chi connectivity index (χ1) is 15.1. The predicted octanol–water partition coefficient (Wildman–Crippen LogP) is 2.56. The Labute approximate surface area is 181 Å². The van der Waals surface area contributed by atoms with Crippen molar-refractivity contribution < 1.29 is 37.0 Å². The second kappa shape index (κ2) is 6.59. The van der Waals surface area contributed by atoms with Crippen LogP contribution in [0.5, 0.6) is 0 Å². The second-order valence-corrected chi connectivity index (χ2v) is 8.82. The van der Waals surface area contributed by atoms with E-state index in [1.165, 1.54) is 18.1 Å². The van der Waals surface area contributed by atoms with Gasteiger partial charge in [-0.3, -0.25) is 9.69 Å². The van der Waals surface area contributed by atoms with Crippen LogP contribution in [0.3, 0.4) is 0 Å². The molecule has 1 spiro atoms. The van der Waals surface area contributed by atoms with Crippen molar-refractivity contribution in [1.29, 1.82) is 5.26 Å². The van der Waals surface area contributed by atoms with E-state index < -0.39 is 58.7 Å². The molecule has 8 nitrogen and oxygen atoms in total. The second-order valence-electron chi connectivity index (χ2n) is 8.82. The zero-order chi connectivity index (χ0) is 23.1. The van der Waals surface area contributed by atoms with Gasteiger partial charge in [0, 0.05) is 18.5 Å². The van der Waals surface area contributed by atoms with Gasteiger partial charge in [-0.15, -0.1) is 0 Å². The van der Waals surface area contributed by atoms with Gasteiger partial charge < -0.3 is 19.5 Å². The number of nitriles is 1. The zero-order valence-corrected chi connectivity index (χ0v) is 17.2. The van der Waals surface area contributed by atoms with Crippen LogP contribution in [-0.2, 0) is 25.2 Å². The molecule has 0 aromatic heterocycles. The van der Waals surface area contributed by atoms with Crippen molar-refractivity contribution in [3.05, 3.63) is 29.3 Å². The highest BCUT2D eigenvalue weighted by Gasteiger charge is 2.78. The highest BCUT2D eigenvalue weighted by atomic mass is 19.4. The average molecular weight is 451 g/mol. The summed E-state index contributed by atoms with van der Waals surface area (Å²) in [4.78, 5) is 26.7. The van der Waals surface area contributed by atoms with Gasteiger partial charge >= 0.3 is 12.3 Å². The molecular weight excluding hydrogens is 431 g/mol. The number of hydrogen-bond donors (Lipinski definition) is 1. The number of methoxy groups -OCH3 is 1. The Bertz CT molecular complexity index is 1060. The van der Waals surface area contributed by atoms with Gasteiger partial charge in [0.15, 0.2) is 0 Å². The van der Waals surface area contributed by atoms with E-state index in [9.17, 15) is 22.8 Å². The fourth-order valence-corrected chi connectivity index (χ4v) is 6.11. The number of alkyl carbamates (subject to hydrolysis) is 1. The molecule has 2 bridgehead atoms. The van der Waals surface area contributed by atoms with Crippen molar-refractivity contribution in [3.63, 3.8) is 0 Å². The monoisotopic (exact) mass is 451 g/mol. The molecule has 170 valence electrons. The molecule has 32 heavy (non-hydrogen) atoms. The highest BCUT2D eigenvalue weighted by Crippen LogP contribution is 2.65. The normalized spacial score (nSPS) is 37.2. The minimum absolute atomic E-state index is 0.0123. The van der Waals surface area contributed by atoms with Gasteiger partial charge in [-0.1, -0.05) is 0 Å². The average Bonchev–Trinajstić information content (AvgIpc) is 3.30. The largest absolute Gasteiger partial charge is 0.453 e. The molecule has 5 rings (SSSR count). The number of carbonyl (C=O) groups is 2. The van der Waals surface area contributed by atoms with E-state index in [1.807, 2.05) is 0 Å².